The van der Waals surface area contributed by atoms with Gasteiger partial charge in [-0.05, 0) is 50.7 Å². The van der Waals surface area contributed by atoms with E-state index in [-0.39, 0.29) is 6.04 Å². The third-order valence-corrected chi connectivity index (χ3v) is 6.78. The van der Waals surface area contributed by atoms with Crippen LogP contribution in [0.15, 0.2) is 41.6 Å². The summed E-state index contributed by atoms with van der Waals surface area (Å²) in [6.07, 6.45) is 12.8. The highest BCUT2D eigenvalue weighted by Crippen LogP contribution is 2.47. The number of unbranched alkanes of at least 4 members (excludes halogenated alkanes) is 3. The Morgan fingerprint density at radius 2 is 1.89 bits per heavy atom. The van der Waals surface area contributed by atoms with Crippen LogP contribution in [0.5, 0.6) is 0 Å². The molecule has 150 valence electrons. The van der Waals surface area contributed by atoms with E-state index in [1.807, 2.05) is 0 Å². The molecule has 28 heavy (non-hydrogen) atoms. The van der Waals surface area contributed by atoms with Crippen LogP contribution in [-0.4, -0.2) is 21.4 Å². The van der Waals surface area contributed by atoms with Gasteiger partial charge in [-0.2, -0.15) is 0 Å². The van der Waals surface area contributed by atoms with E-state index < -0.39 is 0 Å². The number of hydrogen-bond acceptors (Lipinski definition) is 1. The summed E-state index contributed by atoms with van der Waals surface area (Å²) in [5, 5.41) is 1.30. The molecular formula is C25H34N2O. The molecule has 1 aliphatic carbocycles. The SMILES string of the molecule is CCCCCCC(C)N1C(=O)C2=C(CCCC2)C1c1cn(C)c2ccccc12. The zero-order valence-corrected chi connectivity index (χ0v) is 17.7. The molecule has 0 radical (unpaired) electrons. The minimum Gasteiger partial charge on any atom is -0.350 e. The van der Waals surface area contributed by atoms with Crippen LogP contribution >= 0.6 is 0 Å². The summed E-state index contributed by atoms with van der Waals surface area (Å²) >= 11 is 0. The summed E-state index contributed by atoms with van der Waals surface area (Å²) in [5.41, 5.74) is 5.11. The lowest BCUT2D eigenvalue weighted by Gasteiger charge is -2.33. The zero-order valence-electron chi connectivity index (χ0n) is 17.7. The molecule has 0 spiro atoms. The van der Waals surface area contributed by atoms with E-state index in [0.717, 1.165) is 31.3 Å². The van der Waals surface area contributed by atoms with Crippen molar-refractivity contribution in [3.8, 4) is 0 Å². The van der Waals surface area contributed by atoms with E-state index in [4.69, 9.17) is 0 Å². The molecule has 0 bridgehead atoms. The fraction of sp³-hybridized carbons (Fsp3) is 0.560. The van der Waals surface area contributed by atoms with Crippen LogP contribution in [0.2, 0.25) is 0 Å². The molecule has 0 N–H and O–H groups in total. The van der Waals surface area contributed by atoms with Crippen LogP contribution in [0.3, 0.4) is 0 Å². The molecular weight excluding hydrogens is 344 g/mol. The number of aromatic nitrogens is 1. The Kier molecular flexibility index (Phi) is 5.61. The number of benzene rings is 1. The standard InChI is InChI=1S/C25H34N2O/c1-4-5-6-7-12-18(2)27-24(20-14-8-9-15-21(20)25(27)28)22-17-26(3)23-16-11-10-13-19(22)23/h10-11,13,16-18,24H,4-9,12,14-15H2,1-3H3. The highest BCUT2D eigenvalue weighted by Gasteiger charge is 2.43. The first-order valence-electron chi connectivity index (χ1n) is 11.2. The summed E-state index contributed by atoms with van der Waals surface area (Å²) in [4.78, 5) is 15.7. The Bertz CT molecular complexity index is 891. The number of carbonyl (C=O) groups excluding carboxylic acids is 1. The van der Waals surface area contributed by atoms with Crippen LogP contribution in [0.4, 0.5) is 0 Å². The quantitative estimate of drug-likeness (QED) is 0.520. The monoisotopic (exact) mass is 378 g/mol. The highest BCUT2D eigenvalue weighted by atomic mass is 16.2. The van der Waals surface area contributed by atoms with E-state index >= 15 is 0 Å². The van der Waals surface area contributed by atoms with Crippen molar-refractivity contribution >= 4 is 16.8 Å². The molecule has 1 aliphatic heterocycles. The Morgan fingerprint density at radius 1 is 1.11 bits per heavy atom. The lowest BCUT2D eigenvalue weighted by atomic mass is 9.87. The predicted octanol–water partition coefficient (Wildman–Crippen LogP) is 6.29. The molecule has 3 heteroatoms. The number of aryl methyl sites for hydroxylation is 1. The molecule has 2 atom stereocenters. The van der Waals surface area contributed by atoms with Gasteiger partial charge >= 0.3 is 0 Å². The van der Waals surface area contributed by atoms with Gasteiger partial charge in [0.05, 0.1) is 6.04 Å². The second kappa shape index (κ2) is 8.14. The van der Waals surface area contributed by atoms with Gasteiger partial charge in [-0.15, -0.1) is 0 Å². The largest absolute Gasteiger partial charge is 0.350 e. The van der Waals surface area contributed by atoms with Gasteiger partial charge in [0.25, 0.3) is 5.91 Å². The lowest BCUT2D eigenvalue weighted by molar-refractivity contribution is -0.129. The van der Waals surface area contributed by atoms with Gasteiger partial charge in [-0.3, -0.25) is 4.79 Å². The van der Waals surface area contributed by atoms with Crippen LogP contribution in [0.25, 0.3) is 10.9 Å². The van der Waals surface area contributed by atoms with E-state index in [1.165, 1.54) is 54.1 Å². The van der Waals surface area contributed by atoms with Gasteiger partial charge < -0.3 is 9.47 Å². The molecule has 2 aromatic rings. The van der Waals surface area contributed by atoms with Crippen molar-refractivity contribution in [2.24, 2.45) is 7.05 Å². The molecule has 4 rings (SSSR count). The van der Waals surface area contributed by atoms with Gasteiger partial charge in [-0.25, -0.2) is 0 Å². The first-order valence-corrected chi connectivity index (χ1v) is 11.2. The van der Waals surface area contributed by atoms with Crippen molar-refractivity contribution in [1.29, 1.82) is 0 Å². The van der Waals surface area contributed by atoms with Crippen molar-refractivity contribution in [3.05, 3.63) is 47.2 Å². The first-order chi connectivity index (χ1) is 13.6. The third-order valence-electron chi connectivity index (χ3n) is 6.78. The molecule has 3 nitrogen and oxygen atoms in total. The number of carbonyl (C=O) groups is 1. The van der Waals surface area contributed by atoms with Crippen molar-refractivity contribution < 1.29 is 4.79 Å². The average Bonchev–Trinajstić information content (AvgIpc) is 3.20. The smallest absolute Gasteiger partial charge is 0.250 e. The number of hydrogen-bond donors (Lipinski definition) is 0. The Labute approximate surface area is 169 Å². The lowest BCUT2D eigenvalue weighted by Crippen LogP contribution is -2.38. The number of amides is 1. The van der Waals surface area contributed by atoms with Gasteiger partial charge in [0, 0.05) is 41.3 Å². The van der Waals surface area contributed by atoms with E-state index in [1.54, 1.807) is 0 Å². The van der Waals surface area contributed by atoms with Gasteiger partial charge in [0.15, 0.2) is 0 Å². The molecule has 1 aromatic carbocycles. The number of fused-ring (bicyclic) bond motifs is 1. The zero-order chi connectivity index (χ0) is 19.7. The Hall–Kier alpha value is -2.03. The molecule has 0 saturated carbocycles. The minimum absolute atomic E-state index is 0.134. The minimum atomic E-state index is 0.134. The molecule has 0 fully saturated rings. The maximum absolute atomic E-state index is 13.5. The predicted molar refractivity (Wildman–Crippen MR) is 116 cm³/mol. The van der Waals surface area contributed by atoms with Crippen LogP contribution < -0.4 is 0 Å². The maximum atomic E-state index is 13.5. The van der Waals surface area contributed by atoms with Crippen molar-refractivity contribution in [2.75, 3.05) is 0 Å². The van der Waals surface area contributed by atoms with Crippen molar-refractivity contribution in [1.82, 2.24) is 9.47 Å². The topological polar surface area (TPSA) is 25.2 Å². The number of rotatable bonds is 7. The highest BCUT2D eigenvalue weighted by molar-refractivity contribution is 5.99. The Morgan fingerprint density at radius 3 is 2.71 bits per heavy atom. The summed E-state index contributed by atoms with van der Waals surface area (Å²) in [6.45, 7) is 4.52. The van der Waals surface area contributed by atoms with Gasteiger partial charge in [0.2, 0.25) is 0 Å². The summed E-state index contributed by atoms with van der Waals surface area (Å²) in [6, 6.07) is 9.06. The number of nitrogens with zero attached hydrogens (tertiary/aromatic N) is 2. The van der Waals surface area contributed by atoms with Crippen molar-refractivity contribution in [2.45, 2.75) is 83.7 Å². The van der Waals surface area contributed by atoms with Crippen LogP contribution in [0.1, 0.15) is 83.2 Å². The molecule has 2 unspecified atom stereocenters. The summed E-state index contributed by atoms with van der Waals surface area (Å²) < 4.78 is 2.22. The van der Waals surface area contributed by atoms with Gasteiger partial charge in [-0.1, -0.05) is 50.8 Å². The Balaban J connectivity index is 1.71. The fourth-order valence-electron chi connectivity index (χ4n) is 5.30. The molecule has 1 amide bonds. The second-order valence-corrected chi connectivity index (χ2v) is 8.74. The van der Waals surface area contributed by atoms with E-state index in [9.17, 15) is 4.79 Å². The first kappa shape index (κ1) is 19.3. The van der Waals surface area contributed by atoms with Crippen molar-refractivity contribution in [3.63, 3.8) is 0 Å². The van der Waals surface area contributed by atoms with E-state index in [0.29, 0.717) is 11.9 Å². The molecule has 2 heterocycles. The summed E-state index contributed by atoms with van der Waals surface area (Å²) in [5.74, 6) is 0.315. The second-order valence-electron chi connectivity index (χ2n) is 8.74. The van der Waals surface area contributed by atoms with Crippen LogP contribution in [-0.2, 0) is 11.8 Å². The van der Waals surface area contributed by atoms with Gasteiger partial charge in [0.1, 0.15) is 0 Å². The fourth-order valence-corrected chi connectivity index (χ4v) is 5.30. The summed E-state index contributed by atoms with van der Waals surface area (Å²) in [7, 11) is 2.12. The molecule has 1 aromatic heterocycles. The normalized spacial score (nSPS) is 20.9. The average molecular weight is 379 g/mol. The molecule has 2 aliphatic rings. The molecule has 0 saturated heterocycles. The number of para-hydroxylation sites is 1. The van der Waals surface area contributed by atoms with Crippen LogP contribution in [0, 0.1) is 0 Å². The maximum Gasteiger partial charge on any atom is 0.250 e. The van der Waals surface area contributed by atoms with E-state index in [2.05, 4.69) is 60.8 Å². The third kappa shape index (κ3) is 3.29.